The molecule has 0 aliphatic rings. The topological polar surface area (TPSA) is 113 Å². The van der Waals surface area contributed by atoms with Crippen molar-refractivity contribution in [1.29, 1.82) is 0 Å². The maximum Gasteiger partial charge on any atom is 0.328 e. The van der Waals surface area contributed by atoms with Crippen LogP contribution >= 0.6 is 0 Å². The Balaban J connectivity index is 0.000000180. The molecular formula is C12H12N2O4. The van der Waals surface area contributed by atoms with Gasteiger partial charge >= 0.3 is 5.97 Å². The number of carbonyl (C=O) groups is 3. The minimum absolute atomic E-state index is 0.112. The van der Waals surface area contributed by atoms with E-state index in [1.165, 1.54) is 10.9 Å². The second-order valence-corrected chi connectivity index (χ2v) is 3.40. The highest BCUT2D eigenvalue weighted by atomic mass is 16.4. The number of fused-ring (bicyclic) bond motifs is 1. The normalized spacial score (nSPS) is 11.2. The van der Waals surface area contributed by atoms with Gasteiger partial charge in [-0.2, -0.15) is 0 Å². The van der Waals surface area contributed by atoms with E-state index in [2.05, 4.69) is 23.2 Å². The van der Waals surface area contributed by atoms with Gasteiger partial charge in [-0.05, 0) is 17.5 Å². The van der Waals surface area contributed by atoms with Crippen molar-refractivity contribution in [3.63, 3.8) is 0 Å². The van der Waals surface area contributed by atoms with Gasteiger partial charge in [-0.25, -0.2) is 0 Å². The fourth-order valence-electron chi connectivity index (χ4n) is 1.19. The van der Waals surface area contributed by atoms with Crippen LogP contribution in [0.25, 0.3) is 10.9 Å². The number of aldehydes is 1. The average molecular weight is 248 g/mol. The van der Waals surface area contributed by atoms with Crippen molar-refractivity contribution in [2.45, 2.75) is 6.04 Å². The van der Waals surface area contributed by atoms with E-state index < -0.39 is 17.8 Å². The summed E-state index contributed by atoms with van der Waals surface area (Å²) < 4.78 is 0. The maximum absolute atomic E-state index is 10.1. The van der Waals surface area contributed by atoms with E-state index in [4.69, 9.17) is 10.8 Å². The zero-order chi connectivity index (χ0) is 13.5. The molecule has 94 valence electrons. The summed E-state index contributed by atoms with van der Waals surface area (Å²) in [7, 11) is 0. The Morgan fingerprint density at radius 1 is 1.28 bits per heavy atom. The van der Waals surface area contributed by atoms with Crippen molar-refractivity contribution >= 4 is 28.9 Å². The molecule has 0 saturated carbocycles. The lowest BCUT2D eigenvalue weighted by molar-refractivity contribution is -0.144. The zero-order valence-corrected chi connectivity index (χ0v) is 9.37. The Kier molecular flexibility index (Phi) is 4.77. The molecule has 0 fully saturated rings. The Hall–Kier alpha value is -2.47. The van der Waals surface area contributed by atoms with Crippen molar-refractivity contribution in [3.05, 3.63) is 36.5 Å². The molecule has 0 radical (unpaired) electrons. The lowest BCUT2D eigenvalue weighted by Crippen LogP contribution is -2.39. The lowest BCUT2D eigenvalue weighted by atomic mass is 10.2. The number of carboxylic acid groups (broad SMARTS) is 1. The van der Waals surface area contributed by atoms with Crippen LogP contribution in [0.4, 0.5) is 0 Å². The van der Waals surface area contributed by atoms with E-state index in [1.54, 1.807) is 0 Å². The van der Waals surface area contributed by atoms with Gasteiger partial charge in [0.15, 0.2) is 12.3 Å². The molecule has 0 amide bonds. The predicted molar refractivity (Wildman–Crippen MR) is 65.0 cm³/mol. The van der Waals surface area contributed by atoms with Crippen molar-refractivity contribution in [2.24, 2.45) is 5.73 Å². The van der Waals surface area contributed by atoms with Gasteiger partial charge < -0.3 is 15.8 Å². The molecule has 1 aromatic heterocycles. The summed E-state index contributed by atoms with van der Waals surface area (Å²) in [5.74, 6) is -2.62. The van der Waals surface area contributed by atoms with E-state index >= 15 is 0 Å². The standard InChI is InChI=1S/C8H7N.C4H5NO4/c1-2-4-8-7(3-1)5-6-9-8;5-3(4(8)9)2(7)1-6/h1-6,9H;1,3H,5H2,(H,8,9). The van der Waals surface area contributed by atoms with Crippen LogP contribution in [0.2, 0.25) is 0 Å². The SMILES string of the molecule is NC(C(=O)O)C(=O)C=O.c1ccc2[nH]ccc2c1. The monoisotopic (exact) mass is 248 g/mol. The molecule has 2 aromatic rings. The largest absolute Gasteiger partial charge is 0.480 e. The Morgan fingerprint density at radius 3 is 2.44 bits per heavy atom. The first-order valence-corrected chi connectivity index (χ1v) is 5.05. The number of hydrogen-bond acceptors (Lipinski definition) is 4. The Labute approximate surface area is 102 Å². The van der Waals surface area contributed by atoms with Crippen LogP contribution in [0.1, 0.15) is 0 Å². The zero-order valence-electron chi connectivity index (χ0n) is 9.37. The molecule has 0 saturated heterocycles. The summed E-state index contributed by atoms with van der Waals surface area (Å²) >= 11 is 0. The maximum atomic E-state index is 10.1. The first-order valence-electron chi connectivity index (χ1n) is 5.05. The number of Topliss-reactive ketones (excluding diaryl/α,β-unsaturated/α-hetero) is 1. The summed E-state index contributed by atoms with van der Waals surface area (Å²) in [4.78, 5) is 32.6. The average Bonchev–Trinajstić information content (AvgIpc) is 2.85. The molecule has 4 N–H and O–H groups in total. The molecule has 1 heterocycles. The van der Waals surface area contributed by atoms with Crippen molar-refractivity contribution in [2.75, 3.05) is 0 Å². The van der Waals surface area contributed by atoms with Crippen LogP contribution < -0.4 is 5.73 Å². The molecule has 0 bridgehead atoms. The van der Waals surface area contributed by atoms with Crippen LogP contribution in [0, 0.1) is 0 Å². The predicted octanol–water partition coefficient (Wildman–Crippen LogP) is 0.334. The van der Waals surface area contributed by atoms with Crippen LogP contribution in [0.3, 0.4) is 0 Å². The third-order valence-corrected chi connectivity index (χ3v) is 2.15. The number of nitrogens with two attached hydrogens (primary N) is 1. The summed E-state index contributed by atoms with van der Waals surface area (Å²) in [5.41, 5.74) is 5.90. The number of aliphatic carboxylic acids is 1. The second kappa shape index (κ2) is 6.31. The molecule has 0 aliphatic carbocycles. The van der Waals surface area contributed by atoms with Gasteiger partial charge in [0.2, 0.25) is 5.78 Å². The minimum atomic E-state index is -1.71. The van der Waals surface area contributed by atoms with Crippen LogP contribution in [-0.4, -0.2) is 34.2 Å². The highest BCUT2D eigenvalue weighted by Crippen LogP contribution is 2.09. The van der Waals surface area contributed by atoms with Crippen LogP contribution in [0.5, 0.6) is 0 Å². The number of carboxylic acids is 1. The van der Waals surface area contributed by atoms with E-state index in [1.807, 2.05) is 18.3 Å². The summed E-state index contributed by atoms with van der Waals surface area (Å²) in [6, 6.07) is 8.58. The van der Waals surface area contributed by atoms with E-state index in [9.17, 15) is 14.4 Å². The van der Waals surface area contributed by atoms with Gasteiger partial charge in [-0.15, -0.1) is 0 Å². The van der Waals surface area contributed by atoms with Gasteiger partial charge in [0, 0.05) is 11.7 Å². The molecule has 18 heavy (non-hydrogen) atoms. The molecule has 0 spiro atoms. The van der Waals surface area contributed by atoms with Gasteiger partial charge in [0.1, 0.15) is 0 Å². The molecule has 2 rings (SSSR count). The van der Waals surface area contributed by atoms with Gasteiger partial charge in [-0.3, -0.25) is 14.4 Å². The molecule has 0 aliphatic heterocycles. The third kappa shape index (κ3) is 3.53. The highest BCUT2D eigenvalue weighted by Gasteiger charge is 2.19. The summed E-state index contributed by atoms with van der Waals surface area (Å²) in [5, 5.41) is 9.25. The number of para-hydroxylation sites is 1. The molecule has 1 unspecified atom stereocenters. The minimum Gasteiger partial charge on any atom is -0.480 e. The Morgan fingerprint density at radius 2 is 1.94 bits per heavy atom. The van der Waals surface area contributed by atoms with Crippen molar-refractivity contribution in [1.82, 2.24) is 4.98 Å². The van der Waals surface area contributed by atoms with Crippen LogP contribution in [0.15, 0.2) is 36.5 Å². The number of nitrogens with one attached hydrogen (secondary N) is 1. The number of hydrogen-bond donors (Lipinski definition) is 3. The smallest absolute Gasteiger partial charge is 0.328 e. The molecular weight excluding hydrogens is 236 g/mol. The fourth-order valence-corrected chi connectivity index (χ4v) is 1.19. The molecule has 1 aromatic carbocycles. The molecule has 1 atom stereocenters. The van der Waals surface area contributed by atoms with E-state index in [0.717, 1.165) is 0 Å². The van der Waals surface area contributed by atoms with Gasteiger partial charge in [0.05, 0.1) is 0 Å². The van der Waals surface area contributed by atoms with Gasteiger partial charge in [0.25, 0.3) is 0 Å². The summed E-state index contributed by atoms with van der Waals surface area (Å²) in [6.07, 6.45) is 1.84. The highest BCUT2D eigenvalue weighted by molar-refractivity contribution is 6.32. The first kappa shape index (κ1) is 13.6. The first-order chi connectivity index (χ1) is 8.56. The number of aromatic nitrogens is 1. The third-order valence-electron chi connectivity index (χ3n) is 2.15. The number of aromatic amines is 1. The van der Waals surface area contributed by atoms with Crippen molar-refractivity contribution < 1.29 is 19.5 Å². The van der Waals surface area contributed by atoms with Gasteiger partial charge in [-0.1, -0.05) is 18.2 Å². The fraction of sp³-hybridized carbons (Fsp3) is 0.0833. The van der Waals surface area contributed by atoms with Crippen molar-refractivity contribution in [3.8, 4) is 0 Å². The lowest BCUT2D eigenvalue weighted by Gasteiger charge is -1.95. The number of rotatable bonds is 3. The number of carbonyl (C=O) groups excluding carboxylic acids is 2. The number of benzene rings is 1. The Bertz CT molecular complexity index is 532. The quantitative estimate of drug-likeness (QED) is 0.411. The molecule has 6 nitrogen and oxygen atoms in total. The number of H-pyrrole nitrogens is 1. The summed E-state index contributed by atoms with van der Waals surface area (Å²) in [6.45, 7) is 0. The van der Waals surface area contributed by atoms with E-state index in [0.29, 0.717) is 0 Å². The number of ketones is 1. The second-order valence-electron chi connectivity index (χ2n) is 3.40. The molecule has 6 heteroatoms. The van der Waals surface area contributed by atoms with Crippen LogP contribution in [-0.2, 0) is 14.4 Å². The van der Waals surface area contributed by atoms with E-state index in [-0.39, 0.29) is 6.29 Å².